The number of hydrogen-bond acceptors (Lipinski definition) is 12. The van der Waals surface area contributed by atoms with Crippen molar-refractivity contribution in [2.45, 2.75) is 32.2 Å². The van der Waals surface area contributed by atoms with Crippen molar-refractivity contribution < 1.29 is 43.2 Å². The smallest absolute Gasteiger partial charge is 0.320 e. The van der Waals surface area contributed by atoms with Crippen molar-refractivity contribution in [3.8, 4) is 5.75 Å². The molecule has 1 saturated heterocycles. The average molecular weight is 609 g/mol. The van der Waals surface area contributed by atoms with E-state index >= 15 is 0 Å². The Morgan fingerprint density at radius 3 is 1.51 bits per heavy atom. The summed E-state index contributed by atoms with van der Waals surface area (Å²) >= 11 is 0. The predicted octanol–water partition coefficient (Wildman–Crippen LogP) is 0.602. The van der Waals surface area contributed by atoms with E-state index in [0.717, 1.165) is 17.7 Å². The molecule has 0 saturated carbocycles. The zero-order valence-corrected chi connectivity index (χ0v) is 26.0. The third kappa shape index (κ3) is 13.7. The fourth-order valence-corrected chi connectivity index (χ4v) is 4.96. The molecule has 13 heteroatoms. The molecule has 0 radical (unpaired) electrons. The molecular weight excluding hydrogens is 560 g/mol. The van der Waals surface area contributed by atoms with Gasteiger partial charge in [0.2, 0.25) is 0 Å². The lowest BCUT2D eigenvalue weighted by Crippen LogP contribution is -2.52. The van der Waals surface area contributed by atoms with E-state index in [1.54, 1.807) is 0 Å². The highest BCUT2D eigenvalue weighted by Crippen LogP contribution is 2.16. The van der Waals surface area contributed by atoms with Crippen LogP contribution in [0.1, 0.15) is 25.3 Å². The minimum Gasteiger partial charge on any atom is -0.494 e. The number of benzene rings is 1. The number of carbonyl (C=O) groups excluding carboxylic acids is 3. The molecule has 1 heterocycles. The first kappa shape index (κ1) is 35.9. The van der Waals surface area contributed by atoms with Crippen LogP contribution in [0.15, 0.2) is 24.3 Å². The van der Waals surface area contributed by atoms with Gasteiger partial charge in [-0.1, -0.05) is 12.1 Å². The van der Waals surface area contributed by atoms with Gasteiger partial charge in [-0.3, -0.25) is 38.8 Å². The van der Waals surface area contributed by atoms with Crippen LogP contribution >= 0.6 is 0 Å². The van der Waals surface area contributed by atoms with Gasteiger partial charge in [0.1, 0.15) is 11.8 Å². The molecule has 1 aliphatic rings. The van der Waals surface area contributed by atoms with E-state index in [-0.39, 0.29) is 25.6 Å². The number of carboxylic acids is 1. The lowest BCUT2D eigenvalue weighted by atomic mass is 10.0. The maximum atomic E-state index is 12.5. The second kappa shape index (κ2) is 19.8. The van der Waals surface area contributed by atoms with E-state index in [1.165, 1.54) is 21.3 Å². The summed E-state index contributed by atoms with van der Waals surface area (Å²) < 4.78 is 20.1. The second-order valence-electron chi connectivity index (χ2n) is 10.4. The van der Waals surface area contributed by atoms with Crippen molar-refractivity contribution in [3.63, 3.8) is 0 Å². The Morgan fingerprint density at radius 2 is 1.14 bits per heavy atom. The van der Waals surface area contributed by atoms with Crippen LogP contribution in [0.3, 0.4) is 0 Å². The first-order valence-electron chi connectivity index (χ1n) is 14.7. The Bertz CT molecular complexity index is 974. The molecule has 0 spiro atoms. The Morgan fingerprint density at radius 1 is 0.721 bits per heavy atom. The number of aryl methyl sites for hydroxylation is 1. The third-order valence-electron chi connectivity index (χ3n) is 7.52. The van der Waals surface area contributed by atoms with Gasteiger partial charge in [-0.2, -0.15) is 0 Å². The molecule has 1 aromatic rings. The number of rotatable bonds is 14. The van der Waals surface area contributed by atoms with Gasteiger partial charge in [0.05, 0.1) is 47.6 Å². The molecular formula is C30H48N4O9. The monoisotopic (exact) mass is 608 g/mol. The van der Waals surface area contributed by atoms with Crippen molar-refractivity contribution in [2.75, 3.05) is 99.9 Å². The molecule has 1 unspecified atom stereocenters. The average Bonchev–Trinajstić information content (AvgIpc) is 3.00. The molecule has 43 heavy (non-hydrogen) atoms. The summed E-state index contributed by atoms with van der Waals surface area (Å²) in [5, 5.41) is 10.3. The fourth-order valence-electron chi connectivity index (χ4n) is 4.96. The van der Waals surface area contributed by atoms with Gasteiger partial charge < -0.3 is 24.1 Å². The Kier molecular flexibility index (Phi) is 16.6. The predicted molar refractivity (Wildman–Crippen MR) is 159 cm³/mol. The van der Waals surface area contributed by atoms with Gasteiger partial charge in [-0.15, -0.1) is 0 Å². The number of nitrogens with zero attached hydrogens (tertiary/aromatic N) is 4. The summed E-state index contributed by atoms with van der Waals surface area (Å²) in [6.07, 6.45) is 1.83. The molecule has 1 aliphatic heterocycles. The van der Waals surface area contributed by atoms with Gasteiger partial charge >= 0.3 is 23.9 Å². The zero-order valence-electron chi connectivity index (χ0n) is 26.0. The van der Waals surface area contributed by atoms with Crippen LogP contribution in [0.25, 0.3) is 0 Å². The van der Waals surface area contributed by atoms with Crippen molar-refractivity contribution in [1.29, 1.82) is 0 Å². The molecule has 1 fully saturated rings. The molecule has 1 aromatic carbocycles. The van der Waals surface area contributed by atoms with Crippen molar-refractivity contribution in [3.05, 3.63) is 29.8 Å². The van der Waals surface area contributed by atoms with Gasteiger partial charge in [0.25, 0.3) is 0 Å². The molecule has 0 aromatic heterocycles. The van der Waals surface area contributed by atoms with Crippen LogP contribution in [0.4, 0.5) is 0 Å². The maximum absolute atomic E-state index is 12.5. The maximum Gasteiger partial charge on any atom is 0.320 e. The van der Waals surface area contributed by atoms with Crippen molar-refractivity contribution in [1.82, 2.24) is 19.6 Å². The fraction of sp³-hybridized carbons (Fsp3) is 0.667. The topological polar surface area (TPSA) is 138 Å². The molecule has 1 atom stereocenters. The lowest BCUT2D eigenvalue weighted by molar-refractivity contribution is -0.146. The quantitative estimate of drug-likeness (QED) is 0.233. The summed E-state index contributed by atoms with van der Waals surface area (Å²) in [5.41, 5.74) is 1.10. The summed E-state index contributed by atoms with van der Waals surface area (Å²) in [4.78, 5) is 56.6. The molecule has 242 valence electrons. The number of hydrogen-bond donors (Lipinski definition) is 1. The number of esters is 3. The molecule has 0 aliphatic carbocycles. The largest absolute Gasteiger partial charge is 0.494 e. The SMILES string of the molecule is CCOc1ccc(CCCC(C(=O)O)N2CCN(CC(=O)OC)CCN(CC(=O)OC)CCN(CC(=O)OC)CC2)cc1. The van der Waals surface area contributed by atoms with E-state index in [4.69, 9.17) is 18.9 Å². The number of ether oxygens (including phenoxy) is 4. The van der Waals surface area contributed by atoms with Gasteiger partial charge in [-0.05, 0) is 43.9 Å². The zero-order chi connectivity index (χ0) is 31.6. The van der Waals surface area contributed by atoms with E-state index < -0.39 is 23.9 Å². The van der Waals surface area contributed by atoms with Crippen LogP contribution < -0.4 is 4.74 Å². The van der Waals surface area contributed by atoms with Crippen LogP contribution in [0.5, 0.6) is 5.75 Å². The van der Waals surface area contributed by atoms with Crippen LogP contribution in [0.2, 0.25) is 0 Å². The van der Waals surface area contributed by atoms with Crippen LogP contribution in [0, 0.1) is 0 Å². The van der Waals surface area contributed by atoms with Crippen molar-refractivity contribution >= 4 is 23.9 Å². The van der Waals surface area contributed by atoms with E-state index in [1.807, 2.05) is 50.8 Å². The standard InChI is InChI=1S/C30H48N4O9/c1-5-43-25-11-9-24(10-12-25)7-6-8-26(30(38)39)34-19-17-32(22-28(36)41-3)15-13-31(21-27(35)40-2)14-16-33(18-20-34)23-29(37)42-4/h9-12,26H,5-8,13-23H2,1-4H3,(H,38,39). The molecule has 1 N–H and O–H groups in total. The van der Waals surface area contributed by atoms with Gasteiger partial charge in [0, 0.05) is 52.4 Å². The first-order chi connectivity index (χ1) is 20.7. The minimum atomic E-state index is -0.915. The molecule has 0 amide bonds. The summed E-state index contributed by atoms with van der Waals surface area (Å²) in [5.74, 6) is -1.29. The van der Waals surface area contributed by atoms with Gasteiger partial charge in [0.15, 0.2) is 0 Å². The summed E-state index contributed by atoms with van der Waals surface area (Å²) in [6, 6.07) is 7.08. The Hall–Kier alpha value is -3.26. The van der Waals surface area contributed by atoms with E-state index in [2.05, 4.69) is 0 Å². The van der Waals surface area contributed by atoms with Gasteiger partial charge in [-0.25, -0.2) is 0 Å². The molecule has 13 nitrogen and oxygen atoms in total. The third-order valence-corrected chi connectivity index (χ3v) is 7.52. The molecule has 0 bridgehead atoms. The van der Waals surface area contributed by atoms with E-state index in [0.29, 0.717) is 71.8 Å². The van der Waals surface area contributed by atoms with E-state index in [9.17, 15) is 24.3 Å². The highest BCUT2D eigenvalue weighted by molar-refractivity contribution is 5.73. The highest BCUT2D eigenvalue weighted by atomic mass is 16.5. The minimum absolute atomic E-state index is 0.0420. The number of carbonyl (C=O) groups is 4. The normalized spacial score (nSPS) is 17.2. The summed E-state index contributed by atoms with van der Waals surface area (Å²) in [6.45, 7) is 6.11. The Balaban J connectivity index is 2.21. The highest BCUT2D eigenvalue weighted by Gasteiger charge is 2.28. The number of carboxylic acid groups (broad SMARTS) is 1. The number of methoxy groups -OCH3 is 3. The summed E-state index contributed by atoms with van der Waals surface area (Å²) in [7, 11) is 3.99. The number of aliphatic carboxylic acids is 1. The van der Waals surface area contributed by atoms with Crippen molar-refractivity contribution in [2.24, 2.45) is 0 Å². The second-order valence-corrected chi connectivity index (χ2v) is 10.4. The Labute approximate surface area is 254 Å². The molecule has 2 rings (SSSR count). The first-order valence-corrected chi connectivity index (χ1v) is 14.7. The van der Waals surface area contributed by atoms with Crippen LogP contribution in [-0.2, 0) is 39.8 Å². The van der Waals surface area contributed by atoms with Crippen LogP contribution in [-0.4, -0.2) is 155 Å². The lowest BCUT2D eigenvalue weighted by Gasteiger charge is -2.35.